The SMILES string of the molecule is C[C@@]1([C-]=O)CN1.[Na+].[OH-]. The number of nitrogens with one attached hydrogen (secondary N) is 1. The first-order chi connectivity index (χ1) is 2.77. The molecule has 0 bridgehead atoms. The predicted molar refractivity (Wildman–Crippen MR) is 24.0 cm³/mol. The summed E-state index contributed by atoms with van der Waals surface area (Å²) in [6.07, 6.45) is 1.85. The van der Waals surface area contributed by atoms with Gasteiger partial charge in [-0.15, -0.1) is 0 Å². The van der Waals surface area contributed by atoms with E-state index in [-0.39, 0.29) is 40.6 Å². The van der Waals surface area contributed by atoms with Gasteiger partial charge in [0, 0.05) is 0 Å². The molecule has 1 saturated heterocycles. The van der Waals surface area contributed by atoms with E-state index in [1.165, 1.54) is 0 Å². The molecule has 1 heterocycles. The molecule has 8 heavy (non-hydrogen) atoms. The molecular formula is C4H7NNaO2-. The number of hydrogen-bond donors (Lipinski definition) is 1. The van der Waals surface area contributed by atoms with E-state index in [0.717, 1.165) is 6.54 Å². The molecule has 4 heteroatoms. The van der Waals surface area contributed by atoms with Crippen LogP contribution in [0.1, 0.15) is 6.92 Å². The van der Waals surface area contributed by atoms with Crippen molar-refractivity contribution in [3.63, 3.8) is 0 Å². The van der Waals surface area contributed by atoms with E-state index < -0.39 is 0 Å². The van der Waals surface area contributed by atoms with E-state index in [1.807, 2.05) is 13.2 Å². The molecule has 1 aliphatic heterocycles. The van der Waals surface area contributed by atoms with Crippen molar-refractivity contribution in [2.75, 3.05) is 6.54 Å². The van der Waals surface area contributed by atoms with Crippen molar-refractivity contribution in [3.8, 4) is 0 Å². The fourth-order valence-electron chi connectivity index (χ4n) is 0.205. The molecular weight excluding hydrogens is 117 g/mol. The standard InChI is InChI=1S/C4H6NO.Na.H2O/c1-4(3-6)2-5-4;;/h5H,2H2,1H3;;1H2/q-1;+1;/p-1/t4-;;/m0../s1. The van der Waals surface area contributed by atoms with Crippen LogP contribution in [0.2, 0.25) is 0 Å². The van der Waals surface area contributed by atoms with Gasteiger partial charge in [-0.2, -0.15) is 0 Å². The Morgan fingerprint density at radius 1 is 1.75 bits per heavy atom. The summed E-state index contributed by atoms with van der Waals surface area (Å²) >= 11 is 0. The fourth-order valence-corrected chi connectivity index (χ4v) is 0.205. The number of rotatable bonds is 1. The van der Waals surface area contributed by atoms with Crippen molar-refractivity contribution in [1.82, 2.24) is 5.32 Å². The van der Waals surface area contributed by atoms with Crippen LogP contribution >= 0.6 is 0 Å². The summed E-state index contributed by atoms with van der Waals surface area (Å²) in [6.45, 7) is 2.62. The van der Waals surface area contributed by atoms with Crippen LogP contribution in [0.25, 0.3) is 0 Å². The molecule has 1 rings (SSSR count). The molecule has 0 unspecified atom stereocenters. The van der Waals surface area contributed by atoms with Crippen molar-refractivity contribution in [3.05, 3.63) is 0 Å². The fraction of sp³-hybridized carbons (Fsp3) is 0.750. The minimum absolute atomic E-state index is 0. The van der Waals surface area contributed by atoms with Crippen LogP contribution in [-0.4, -0.2) is 23.8 Å². The first-order valence-corrected chi connectivity index (χ1v) is 1.91. The first-order valence-electron chi connectivity index (χ1n) is 1.91. The average molecular weight is 124 g/mol. The molecule has 1 fully saturated rings. The van der Waals surface area contributed by atoms with E-state index in [0.29, 0.717) is 0 Å². The zero-order valence-corrected chi connectivity index (χ0v) is 7.06. The van der Waals surface area contributed by atoms with Crippen LogP contribution in [0.3, 0.4) is 0 Å². The van der Waals surface area contributed by atoms with Crippen molar-refractivity contribution >= 4 is 6.29 Å². The van der Waals surface area contributed by atoms with E-state index in [4.69, 9.17) is 0 Å². The Labute approximate surface area is 70.4 Å². The van der Waals surface area contributed by atoms with Crippen molar-refractivity contribution < 1.29 is 39.8 Å². The number of carbonyl (C=O) groups excluding carboxylic acids is 1. The zero-order chi connectivity index (χ0) is 4.62. The smallest absolute Gasteiger partial charge is 0.870 e. The molecule has 0 aromatic rings. The summed E-state index contributed by atoms with van der Waals surface area (Å²) in [5.74, 6) is 0. The summed E-state index contributed by atoms with van der Waals surface area (Å²) < 4.78 is 0. The van der Waals surface area contributed by atoms with Gasteiger partial charge in [-0.3, -0.25) is 0 Å². The maximum Gasteiger partial charge on any atom is 1.00 e. The molecule has 3 nitrogen and oxygen atoms in total. The van der Waals surface area contributed by atoms with Crippen LogP contribution in [0.15, 0.2) is 0 Å². The van der Waals surface area contributed by atoms with Crippen molar-refractivity contribution in [2.45, 2.75) is 12.5 Å². The average Bonchev–Trinajstić information content (AvgIpc) is 2.22. The summed E-state index contributed by atoms with van der Waals surface area (Å²) in [5, 5.41) is 2.84. The van der Waals surface area contributed by atoms with Crippen LogP contribution in [0, 0.1) is 0 Å². The van der Waals surface area contributed by atoms with Crippen LogP contribution < -0.4 is 34.9 Å². The molecule has 0 aromatic carbocycles. The molecule has 0 amide bonds. The monoisotopic (exact) mass is 124 g/mol. The van der Waals surface area contributed by atoms with E-state index in [1.54, 1.807) is 0 Å². The molecule has 0 radical (unpaired) electrons. The summed E-state index contributed by atoms with van der Waals surface area (Å²) in [4.78, 5) is 9.70. The summed E-state index contributed by atoms with van der Waals surface area (Å²) in [6, 6.07) is 0. The molecule has 1 aliphatic rings. The Morgan fingerprint density at radius 2 is 2.12 bits per heavy atom. The normalized spacial score (nSPS) is 31.6. The van der Waals surface area contributed by atoms with E-state index in [9.17, 15) is 4.79 Å². The van der Waals surface area contributed by atoms with Gasteiger partial charge in [0.2, 0.25) is 0 Å². The number of hydrogen-bond acceptors (Lipinski definition) is 3. The van der Waals surface area contributed by atoms with Gasteiger partial charge < -0.3 is 15.6 Å². The predicted octanol–water partition coefficient (Wildman–Crippen LogP) is -3.71. The Kier molecular flexibility index (Phi) is 5.10. The maximum absolute atomic E-state index is 9.70. The quantitative estimate of drug-likeness (QED) is 0.222. The zero-order valence-electron chi connectivity index (χ0n) is 5.06. The largest absolute Gasteiger partial charge is 1.00 e. The topological polar surface area (TPSA) is 69.0 Å². The molecule has 1 atom stereocenters. The maximum atomic E-state index is 9.70. The molecule has 0 aliphatic carbocycles. The van der Waals surface area contributed by atoms with Gasteiger partial charge in [-0.05, 0) is 6.54 Å². The van der Waals surface area contributed by atoms with Gasteiger partial charge in [0.25, 0.3) is 0 Å². The third kappa shape index (κ3) is 2.79. The van der Waals surface area contributed by atoms with Gasteiger partial charge in [-0.25, -0.2) is 6.29 Å². The molecule has 0 aromatic heterocycles. The van der Waals surface area contributed by atoms with Gasteiger partial charge in [0.15, 0.2) is 0 Å². The second kappa shape index (κ2) is 3.58. The summed E-state index contributed by atoms with van der Waals surface area (Å²) in [5.41, 5.74) is -0.264. The molecule has 42 valence electrons. The second-order valence-corrected chi connectivity index (χ2v) is 1.79. The van der Waals surface area contributed by atoms with E-state index in [2.05, 4.69) is 5.32 Å². The molecule has 0 spiro atoms. The molecule has 0 saturated carbocycles. The van der Waals surface area contributed by atoms with Gasteiger partial charge >= 0.3 is 29.6 Å². The molecule has 2 N–H and O–H groups in total. The van der Waals surface area contributed by atoms with Crippen LogP contribution in [0.4, 0.5) is 0 Å². The van der Waals surface area contributed by atoms with Crippen LogP contribution in [-0.2, 0) is 4.79 Å². The Morgan fingerprint density at radius 3 is 2.12 bits per heavy atom. The summed E-state index contributed by atoms with van der Waals surface area (Å²) in [7, 11) is 0. The van der Waals surface area contributed by atoms with Crippen LogP contribution in [0.5, 0.6) is 0 Å². The Balaban J connectivity index is 0. The van der Waals surface area contributed by atoms with Crippen molar-refractivity contribution in [2.24, 2.45) is 0 Å². The second-order valence-electron chi connectivity index (χ2n) is 1.79. The minimum Gasteiger partial charge on any atom is -0.870 e. The third-order valence-electron chi connectivity index (χ3n) is 0.932. The minimum atomic E-state index is -0.264. The Bertz CT molecular complexity index is 82.1. The third-order valence-corrected chi connectivity index (χ3v) is 0.932. The van der Waals surface area contributed by atoms with E-state index >= 15 is 0 Å². The van der Waals surface area contributed by atoms with Crippen molar-refractivity contribution in [1.29, 1.82) is 0 Å². The first kappa shape index (κ1) is 11.4. The van der Waals surface area contributed by atoms with Gasteiger partial charge in [0.1, 0.15) is 0 Å². The van der Waals surface area contributed by atoms with Gasteiger partial charge in [0.05, 0.1) is 0 Å². The van der Waals surface area contributed by atoms with Gasteiger partial charge in [-0.1, -0.05) is 12.5 Å². The Hall–Kier alpha value is 0.590.